The number of nitrogens with one attached hydrogen (secondary N) is 2. The molecule has 0 saturated carbocycles. The number of carbonyl (C=O) groups excluding carboxylic acids is 2. The highest BCUT2D eigenvalue weighted by Gasteiger charge is 2.23. The molecule has 0 radical (unpaired) electrons. The highest BCUT2D eigenvalue weighted by molar-refractivity contribution is 5.83. The van der Waals surface area contributed by atoms with Crippen LogP contribution in [0.15, 0.2) is 0 Å². The number of aliphatic carboxylic acids is 1. The third kappa shape index (κ3) is 7.60. The second-order valence-electron chi connectivity index (χ2n) is 6.02. The summed E-state index contributed by atoms with van der Waals surface area (Å²) in [6, 6.07) is -1.68. The average Bonchev–Trinajstić information content (AvgIpc) is 2.29. The molecule has 7 nitrogen and oxygen atoms in total. The van der Waals surface area contributed by atoms with E-state index in [1.807, 2.05) is 6.92 Å². The summed E-state index contributed by atoms with van der Waals surface area (Å²) < 4.78 is 0. The maximum Gasteiger partial charge on any atom is 0.326 e. The summed E-state index contributed by atoms with van der Waals surface area (Å²) in [5.41, 5.74) is 5.00. The van der Waals surface area contributed by atoms with Crippen LogP contribution in [0.5, 0.6) is 0 Å². The Labute approximate surface area is 119 Å². The molecule has 20 heavy (non-hydrogen) atoms. The molecule has 7 heteroatoms. The smallest absolute Gasteiger partial charge is 0.326 e. The van der Waals surface area contributed by atoms with Crippen molar-refractivity contribution in [3.8, 4) is 0 Å². The average molecular weight is 287 g/mol. The van der Waals surface area contributed by atoms with E-state index in [1.54, 1.807) is 0 Å². The van der Waals surface area contributed by atoms with Crippen LogP contribution < -0.4 is 16.4 Å². The van der Waals surface area contributed by atoms with Gasteiger partial charge in [-0.05, 0) is 17.8 Å². The van der Waals surface area contributed by atoms with Crippen LogP contribution in [0.3, 0.4) is 0 Å². The summed E-state index contributed by atoms with van der Waals surface area (Å²) >= 11 is 0. The van der Waals surface area contributed by atoms with Gasteiger partial charge in [-0.25, -0.2) is 9.59 Å². The minimum atomic E-state index is -1.19. The van der Waals surface area contributed by atoms with Gasteiger partial charge in [0.2, 0.25) is 5.91 Å². The Balaban J connectivity index is 4.27. The number of nitrogens with two attached hydrogens (primary N) is 1. The van der Waals surface area contributed by atoms with Crippen molar-refractivity contribution in [2.75, 3.05) is 6.54 Å². The number of hydrogen-bond donors (Lipinski definition) is 4. The first-order valence-electron chi connectivity index (χ1n) is 6.59. The molecule has 5 N–H and O–H groups in total. The first kappa shape index (κ1) is 18.2. The molecule has 0 spiro atoms. The van der Waals surface area contributed by atoms with Crippen molar-refractivity contribution in [3.05, 3.63) is 0 Å². The highest BCUT2D eigenvalue weighted by atomic mass is 16.4. The molecule has 0 heterocycles. The number of urea groups is 1. The van der Waals surface area contributed by atoms with E-state index in [0.29, 0.717) is 6.54 Å². The minimum absolute atomic E-state index is 0.0209. The summed E-state index contributed by atoms with van der Waals surface area (Å²) in [7, 11) is 0. The number of carbonyl (C=O) groups is 3. The van der Waals surface area contributed by atoms with Gasteiger partial charge in [-0.1, -0.05) is 27.7 Å². The molecule has 0 fully saturated rings. The topological polar surface area (TPSA) is 122 Å². The van der Waals surface area contributed by atoms with Crippen molar-refractivity contribution < 1.29 is 19.5 Å². The molecule has 0 saturated heterocycles. The van der Waals surface area contributed by atoms with Gasteiger partial charge in [0.05, 0.1) is 0 Å². The van der Waals surface area contributed by atoms with Crippen LogP contribution in [-0.2, 0) is 9.59 Å². The Bertz CT molecular complexity index is 363. The van der Waals surface area contributed by atoms with Crippen molar-refractivity contribution in [1.29, 1.82) is 0 Å². The molecule has 3 amide bonds. The third-order valence-corrected chi connectivity index (χ3v) is 3.33. The molecular weight excluding hydrogens is 262 g/mol. The molecule has 0 rings (SSSR count). The lowest BCUT2D eigenvalue weighted by atomic mass is 9.82. The van der Waals surface area contributed by atoms with E-state index in [0.717, 1.165) is 0 Å². The Morgan fingerprint density at radius 2 is 1.80 bits per heavy atom. The van der Waals surface area contributed by atoms with Gasteiger partial charge >= 0.3 is 12.0 Å². The number of primary amides is 1. The second kappa shape index (κ2) is 7.72. The van der Waals surface area contributed by atoms with Crippen molar-refractivity contribution >= 4 is 17.9 Å². The predicted molar refractivity (Wildman–Crippen MR) is 75.0 cm³/mol. The van der Waals surface area contributed by atoms with E-state index in [4.69, 9.17) is 10.8 Å². The van der Waals surface area contributed by atoms with Gasteiger partial charge < -0.3 is 21.5 Å². The van der Waals surface area contributed by atoms with Crippen molar-refractivity contribution in [2.45, 2.75) is 46.6 Å². The van der Waals surface area contributed by atoms with E-state index in [-0.39, 0.29) is 24.2 Å². The lowest BCUT2D eigenvalue weighted by Crippen LogP contribution is -2.47. The van der Waals surface area contributed by atoms with Crippen molar-refractivity contribution in [2.24, 2.45) is 17.1 Å². The first-order chi connectivity index (χ1) is 9.04. The number of amides is 3. The van der Waals surface area contributed by atoms with Crippen molar-refractivity contribution in [3.63, 3.8) is 0 Å². The third-order valence-electron chi connectivity index (χ3n) is 3.33. The van der Waals surface area contributed by atoms with Crippen LogP contribution in [0.1, 0.15) is 40.5 Å². The fraction of sp³-hybridized carbons (Fsp3) is 0.769. The number of rotatable bonds is 7. The Morgan fingerprint density at radius 1 is 1.25 bits per heavy atom. The standard InChI is InChI=1S/C13H25N3O4/c1-8(13(2,3)4)7-15-12(20)16-9(11(18)19)5-6-10(14)17/h8-9H,5-7H2,1-4H3,(H2,14,17)(H,18,19)(H2,15,16,20)/t8?,9-/m1/s1. The second-order valence-corrected chi connectivity index (χ2v) is 6.02. The largest absolute Gasteiger partial charge is 0.480 e. The SMILES string of the molecule is CC(CNC(=O)N[C@H](CCC(N)=O)C(=O)O)C(C)(C)C. The van der Waals surface area contributed by atoms with Crippen LogP contribution in [0, 0.1) is 11.3 Å². The van der Waals surface area contributed by atoms with Gasteiger partial charge in [0.1, 0.15) is 6.04 Å². The normalized spacial score (nSPS) is 14.2. The lowest BCUT2D eigenvalue weighted by molar-refractivity contribution is -0.139. The van der Waals surface area contributed by atoms with Crippen LogP contribution in [0.25, 0.3) is 0 Å². The van der Waals surface area contributed by atoms with Gasteiger partial charge in [-0.2, -0.15) is 0 Å². The van der Waals surface area contributed by atoms with E-state index < -0.39 is 23.9 Å². The highest BCUT2D eigenvalue weighted by Crippen LogP contribution is 2.24. The van der Waals surface area contributed by atoms with Gasteiger partial charge in [-0.15, -0.1) is 0 Å². The van der Waals surface area contributed by atoms with E-state index in [9.17, 15) is 14.4 Å². The zero-order valence-electron chi connectivity index (χ0n) is 12.5. The Morgan fingerprint density at radius 3 is 2.20 bits per heavy atom. The Hall–Kier alpha value is -1.79. The van der Waals surface area contributed by atoms with Crippen LogP contribution in [0.4, 0.5) is 4.79 Å². The summed E-state index contributed by atoms with van der Waals surface area (Å²) in [5, 5.41) is 13.9. The molecule has 2 atom stereocenters. The van der Waals surface area contributed by atoms with Gasteiger partial charge in [-0.3, -0.25) is 4.79 Å². The molecule has 0 aromatic rings. The molecule has 0 aliphatic rings. The minimum Gasteiger partial charge on any atom is -0.480 e. The van der Waals surface area contributed by atoms with Crippen molar-refractivity contribution in [1.82, 2.24) is 10.6 Å². The predicted octanol–water partition coefficient (Wildman–Crippen LogP) is 0.687. The molecule has 0 aliphatic heterocycles. The number of hydrogen-bond acceptors (Lipinski definition) is 3. The summed E-state index contributed by atoms with van der Waals surface area (Å²) in [5.74, 6) is -1.55. The fourth-order valence-corrected chi connectivity index (χ4v) is 1.31. The van der Waals surface area contributed by atoms with Gasteiger partial charge in [0, 0.05) is 13.0 Å². The zero-order valence-corrected chi connectivity index (χ0v) is 12.5. The quantitative estimate of drug-likeness (QED) is 0.550. The molecule has 116 valence electrons. The van der Waals surface area contributed by atoms with Crippen LogP contribution >= 0.6 is 0 Å². The van der Waals surface area contributed by atoms with E-state index >= 15 is 0 Å². The molecule has 1 unspecified atom stereocenters. The molecular formula is C13H25N3O4. The zero-order chi connectivity index (χ0) is 15.9. The van der Waals surface area contributed by atoms with Gasteiger partial charge in [0.15, 0.2) is 0 Å². The summed E-state index contributed by atoms with van der Waals surface area (Å²) in [6.07, 6.45) is -0.109. The van der Waals surface area contributed by atoms with Gasteiger partial charge in [0.25, 0.3) is 0 Å². The van der Waals surface area contributed by atoms with E-state index in [1.165, 1.54) is 0 Å². The molecule has 0 aromatic heterocycles. The maximum atomic E-state index is 11.6. The van der Waals surface area contributed by atoms with E-state index in [2.05, 4.69) is 31.4 Å². The summed E-state index contributed by atoms with van der Waals surface area (Å²) in [6.45, 7) is 8.62. The summed E-state index contributed by atoms with van der Waals surface area (Å²) in [4.78, 5) is 33.2. The lowest BCUT2D eigenvalue weighted by Gasteiger charge is -2.27. The monoisotopic (exact) mass is 287 g/mol. The maximum absolute atomic E-state index is 11.6. The van der Waals surface area contributed by atoms with Crippen LogP contribution in [0.2, 0.25) is 0 Å². The Kier molecular flexibility index (Phi) is 7.02. The molecule has 0 bridgehead atoms. The first-order valence-corrected chi connectivity index (χ1v) is 6.59. The molecule has 0 aromatic carbocycles. The molecule has 0 aliphatic carbocycles. The van der Waals surface area contributed by atoms with Crippen LogP contribution in [-0.4, -0.2) is 35.6 Å². The number of carboxylic acids is 1. The fourth-order valence-electron chi connectivity index (χ4n) is 1.31. The number of carboxylic acid groups (broad SMARTS) is 1.